The Bertz CT molecular complexity index is 811. The van der Waals surface area contributed by atoms with E-state index in [9.17, 15) is 0 Å². The van der Waals surface area contributed by atoms with Crippen molar-refractivity contribution < 1.29 is 0 Å². The number of aromatic nitrogens is 2. The van der Waals surface area contributed by atoms with E-state index in [4.69, 9.17) is 17.3 Å². The molecule has 0 unspecified atom stereocenters. The Labute approximate surface area is 136 Å². The number of rotatable bonds is 2. The Morgan fingerprint density at radius 2 is 1.95 bits per heavy atom. The zero-order valence-electron chi connectivity index (χ0n) is 11.3. The highest BCUT2D eigenvalue weighted by Crippen LogP contribution is 2.36. The number of benzene rings is 2. The number of aromatic amines is 1. The molecule has 2 aromatic carbocycles. The molecule has 0 spiro atoms. The van der Waals surface area contributed by atoms with Crippen molar-refractivity contribution >= 4 is 33.3 Å². The summed E-state index contributed by atoms with van der Waals surface area (Å²) >= 11 is 9.59. The Hall–Kier alpha value is -1.78. The van der Waals surface area contributed by atoms with Gasteiger partial charge in [-0.15, -0.1) is 0 Å². The van der Waals surface area contributed by atoms with Gasteiger partial charge in [-0.05, 0) is 42.3 Å². The third kappa shape index (κ3) is 2.69. The van der Waals surface area contributed by atoms with Crippen molar-refractivity contribution in [2.45, 2.75) is 6.92 Å². The predicted molar refractivity (Wildman–Crippen MR) is 91.3 cm³/mol. The number of aryl methyl sites for hydroxylation is 1. The van der Waals surface area contributed by atoms with Gasteiger partial charge in [-0.2, -0.15) is 5.10 Å². The van der Waals surface area contributed by atoms with Gasteiger partial charge < -0.3 is 5.73 Å². The Morgan fingerprint density at radius 1 is 1.14 bits per heavy atom. The minimum atomic E-state index is 0.466. The summed E-state index contributed by atoms with van der Waals surface area (Å²) in [7, 11) is 0. The summed E-state index contributed by atoms with van der Waals surface area (Å²) in [5, 5.41) is 7.84. The highest BCUT2D eigenvalue weighted by Gasteiger charge is 2.15. The van der Waals surface area contributed by atoms with Crippen molar-refractivity contribution in [3.63, 3.8) is 0 Å². The molecule has 0 saturated carbocycles. The highest BCUT2D eigenvalue weighted by atomic mass is 79.9. The van der Waals surface area contributed by atoms with Crippen LogP contribution in [-0.2, 0) is 0 Å². The zero-order valence-corrected chi connectivity index (χ0v) is 13.7. The molecule has 0 saturated heterocycles. The van der Waals surface area contributed by atoms with E-state index < -0.39 is 0 Å². The summed E-state index contributed by atoms with van der Waals surface area (Å²) in [5.74, 6) is 0.466. The average Bonchev–Trinajstić information content (AvgIpc) is 2.84. The summed E-state index contributed by atoms with van der Waals surface area (Å²) in [6, 6.07) is 13.7. The van der Waals surface area contributed by atoms with Gasteiger partial charge in [0.05, 0.1) is 11.3 Å². The second-order valence-electron chi connectivity index (χ2n) is 4.83. The van der Waals surface area contributed by atoms with Gasteiger partial charge in [-0.1, -0.05) is 45.7 Å². The number of nitrogens with zero attached hydrogens (tertiary/aromatic N) is 1. The molecule has 5 heteroatoms. The molecule has 0 atom stereocenters. The monoisotopic (exact) mass is 361 g/mol. The van der Waals surface area contributed by atoms with Crippen molar-refractivity contribution in [2.24, 2.45) is 0 Å². The Balaban J connectivity index is 2.19. The molecule has 0 fully saturated rings. The maximum atomic E-state index is 6.08. The average molecular weight is 363 g/mol. The number of nitrogens with one attached hydrogen (secondary N) is 1. The summed E-state index contributed by atoms with van der Waals surface area (Å²) in [4.78, 5) is 0. The maximum absolute atomic E-state index is 6.08. The van der Waals surface area contributed by atoms with Crippen LogP contribution >= 0.6 is 27.5 Å². The van der Waals surface area contributed by atoms with Gasteiger partial charge in [0.1, 0.15) is 0 Å². The van der Waals surface area contributed by atoms with Gasteiger partial charge in [0.15, 0.2) is 5.82 Å². The van der Waals surface area contributed by atoms with Crippen LogP contribution in [0.2, 0.25) is 5.02 Å². The number of hydrogen-bond donors (Lipinski definition) is 2. The number of anilines is 1. The van der Waals surface area contributed by atoms with Crippen LogP contribution in [-0.4, -0.2) is 10.2 Å². The highest BCUT2D eigenvalue weighted by molar-refractivity contribution is 9.10. The van der Waals surface area contributed by atoms with E-state index in [2.05, 4.69) is 32.2 Å². The molecule has 0 aliphatic carbocycles. The number of nitrogen functional groups attached to an aromatic ring is 1. The molecule has 0 aliphatic heterocycles. The fraction of sp³-hybridized carbons (Fsp3) is 0.0625. The summed E-state index contributed by atoms with van der Waals surface area (Å²) in [5.41, 5.74) is 10.9. The number of H-pyrrole nitrogens is 1. The van der Waals surface area contributed by atoms with Crippen LogP contribution < -0.4 is 5.73 Å². The molecule has 0 bridgehead atoms. The molecule has 106 valence electrons. The quantitative estimate of drug-likeness (QED) is 0.670. The molecule has 21 heavy (non-hydrogen) atoms. The largest absolute Gasteiger partial charge is 0.382 e. The third-order valence-electron chi connectivity index (χ3n) is 3.35. The second kappa shape index (κ2) is 5.54. The number of hydrogen-bond acceptors (Lipinski definition) is 2. The van der Waals surface area contributed by atoms with E-state index in [0.717, 1.165) is 32.4 Å². The molecule has 3 aromatic rings. The summed E-state index contributed by atoms with van der Waals surface area (Å²) in [6.07, 6.45) is 0. The van der Waals surface area contributed by atoms with Crippen molar-refractivity contribution in [1.82, 2.24) is 10.2 Å². The zero-order chi connectivity index (χ0) is 15.0. The predicted octanol–water partition coefficient (Wildman–Crippen LogP) is 5.05. The molecule has 3 nitrogen and oxygen atoms in total. The van der Waals surface area contributed by atoms with Crippen LogP contribution in [0.4, 0.5) is 5.82 Å². The van der Waals surface area contributed by atoms with Crippen LogP contribution in [0.5, 0.6) is 0 Å². The molecule has 0 amide bonds. The molecular weight excluding hydrogens is 350 g/mol. The first-order valence-electron chi connectivity index (χ1n) is 6.42. The van der Waals surface area contributed by atoms with E-state index in [0.29, 0.717) is 10.8 Å². The molecule has 3 rings (SSSR count). The van der Waals surface area contributed by atoms with Crippen molar-refractivity contribution in [3.8, 4) is 22.4 Å². The topological polar surface area (TPSA) is 54.7 Å². The van der Waals surface area contributed by atoms with E-state index in [1.807, 2.05) is 43.3 Å². The van der Waals surface area contributed by atoms with Gasteiger partial charge in [-0.3, -0.25) is 5.10 Å². The van der Waals surface area contributed by atoms with E-state index in [-0.39, 0.29) is 0 Å². The SMILES string of the molecule is Cc1cc(-c2[nH]nc(N)c2-c2cccc(Cl)c2)ccc1Br. The lowest BCUT2D eigenvalue weighted by Gasteiger charge is -2.07. The lowest BCUT2D eigenvalue weighted by molar-refractivity contribution is 1.10. The van der Waals surface area contributed by atoms with Crippen LogP contribution in [0, 0.1) is 6.92 Å². The minimum absolute atomic E-state index is 0.466. The first-order chi connectivity index (χ1) is 10.1. The normalized spacial score (nSPS) is 10.8. The van der Waals surface area contributed by atoms with Gasteiger partial charge >= 0.3 is 0 Å². The minimum Gasteiger partial charge on any atom is -0.382 e. The fourth-order valence-electron chi connectivity index (χ4n) is 2.30. The molecule has 0 aliphatic rings. The molecule has 1 heterocycles. The Kier molecular flexibility index (Phi) is 3.74. The first-order valence-corrected chi connectivity index (χ1v) is 7.59. The first kappa shape index (κ1) is 14.2. The van der Waals surface area contributed by atoms with E-state index in [1.165, 1.54) is 0 Å². The van der Waals surface area contributed by atoms with Crippen LogP contribution in [0.1, 0.15) is 5.56 Å². The summed E-state index contributed by atoms with van der Waals surface area (Å²) in [6.45, 7) is 2.05. The number of nitrogens with two attached hydrogens (primary N) is 1. The van der Waals surface area contributed by atoms with E-state index >= 15 is 0 Å². The van der Waals surface area contributed by atoms with Crippen LogP contribution in [0.25, 0.3) is 22.4 Å². The lowest BCUT2D eigenvalue weighted by atomic mass is 10.00. The number of halogens is 2. The van der Waals surface area contributed by atoms with Crippen LogP contribution in [0.15, 0.2) is 46.9 Å². The van der Waals surface area contributed by atoms with Gasteiger partial charge in [0, 0.05) is 15.1 Å². The van der Waals surface area contributed by atoms with Crippen LogP contribution in [0.3, 0.4) is 0 Å². The molecule has 0 radical (unpaired) electrons. The summed E-state index contributed by atoms with van der Waals surface area (Å²) < 4.78 is 1.07. The second-order valence-corrected chi connectivity index (χ2v) is 6.12. The molecular formula is C16H13BrClN3. The van der Waals surface area contributed by atoms with Crippen molar-refractivity contribution in [1.29, 1.82) is 0 Å². The van der Waals surface area contributed by atoms with Crippen molar-refractivity contribution in [3.05, 3.63) is 57.5 Å². The van der Waals surface area contributed by atoms with Gasteiger partial charge in [0.25, 0.3) is 0 Å². The van der Waals surface area contributed by atoms with Gasteiger partial charge in [-0.25, -0.2) is 0 Å². The molecule has 3 N–H and O–H groups in total. The fourth-order valence-corrected chi connectivity index (χ4v) is 2.74. The third-order valence-corrected chi connectivity index (χ3v) is 4.48. The van der Waals surface area contributed by atoms with Gasteiger partial charge in [0.2, 0.25) is 0 Å². The lowest BCUT2D eigenvalue weighted by Crippen LogP contribution is -1.89. The smallest absolute Gasteiger partial charge is 0.153 e. The molecule has 1 aromatic heterocycles. The van der Waals surface area contributed by atoms with E-state index in [1.54, 1.807) is 0 Å². The maximum Gasteiger partial charge on any atom is 0.153 e. The Morgan fingerprint density at radius 3 is 2.67 bits per heavy atom. The standard InChI is InChI=1S/C16H13BrClN3/c1-9-7-11(5-6-13(9)17)15-14(16(19)21-20-15)10-3-2-4-12(18)8-10/h2-8H,1H3,(H3,19,20,21). The van der Waals surface area contributed by atoms with Crippen molar-refractivity contribution in [2.75, 3.05) is 5.73 Å².